The van der Waals surface area contributed by atoms with Crippen LogP contribution in [0, 0.1) is 5.92 Å². The lowest BCUT2D eigenvalue weighted by Crippen LogP contribution is -2.47. The normalized spacial score (nSPS) is 18.1. The van der Waals surface area contributed by atoms with Crippen molar-refractivity contribution in [3.8, 4) is 11.5 Å². The van der Waals surface area contributed by atoms with Crippen molar-refractivity contribution in [3.05, 3.63) is 36.2 Å². The van der Waals surface area contributed by atoms with E-state index in [-0.39, 0.29) is 17.9 Å². The summed E-state index contributed by atoms with van der Waals surface area (Å²) in [5, 5.41) is 6.82. The number of hydrogen-bond donors (Lipinski definition) is 2. The van der Waals surface area contributed by atoms with Crippen molar-refractivity contribution in [2.75, 3.05) is 13.2 Å². The molecule has 0 radical (unpaired) electrons. The van der Waals surface area contributed by atoms with Crippen LogP contribution < -0.4 is 11.1 Å². The maximum Gasteiger partial charge on any atom is 0.257 e. The first-order chi connectivity index (χ1) is 11.6. The van der Waals surface area contributed by atoms with E-state index in [9.17, 15) is 4.79 Å². The van der Waals surface area contributed by atoms with Crippen molar-refractivity contribution in [3.63, 3.8) is 0 Å². The standard InChI is InChI=1S/C17H22N4O3/c1-11(19-16(22)14(18)12-7-9-23-10-8-12)15-20-17(24-21-15)13-5-3-2-4-6-13/h2-6,11-12,14H,7-10,18H2,1H3,(H,19,22). The molecular weight excluding hydrogens is 308 g/mol. The minimum Gasteiger partial charge on any atom is -0.381 e. The molecule has 0 saturated carbocycles. The van der Waals surface area contributed by atoms with Crippen LogP contribution >= 0.6 is 0 Å². The highest BCUT2D eigenvalue weighted by Gasteiger charge is 2.28. The van der Waals surface area contributed by atoms with Crippen molar-refractivity contribution < 1.29 is 14.1 Å². The first-order valence-corrected chi connectivity index (χ1v) is 8.18. The number of ether oxygens (including phenoxy) is 1. The second-order valence-electron chi connectivity index (χ2n) is 6.03. The maximum absolute atomic E-state index is 12.3. The summed E-state index contributed by atoms with van der Waals surface area (Å²) in [4.78, 5) is 16.7. The van der Waals surface area contributed by atoms with Gasteiger partial charge in [0, 0.05) is 18.8 Å². The molecule has 128 valence electrons. The fourth-order valence-electron chi connectivity index (χ4n) is 2.77. The number of rotatable bonds is 5. The van der Waals surface area contributed by atoms with Crippen LogP contribution in [0.15, 0.2) is 34.9 Å². The van der Waals surface area contributed by atoms with Gasteiger partial charge in [-0.3, -0.25) is 4.79 Å². The molecule has 1 fully saturated rings. The Hall–Kier alpha value is -2.25. The molecule has 1 aromatic carbocycles. The first kappa shape index (κ1) is 16.6. The van der Waals surface area contributed by atoms with E-state index in [1.807, 2.05) is 37.3 Å². The van der Waals surface area contributed by atoms with Crippen molar-refractivity contribution in [2.24, 2.45) is 11.7 Å². The molecule has 0 bridgehead atoms. The van der Waals surface area contributed by atoms with Gasteiger partial charge in [-0.1, -0.05) is 23.4 Å². The molecule has 1 aromatic heterocycles. The van der Waals surface area contributed by atoms with Gasteiger partial charge >= 0.3 is 0 Å². The summed E-state index contributed by atoms with van der Waals surface area (Å²) in [5.41, 5.74) is 6.92. The molecule has 0 spiro atoms. The Morgan fingerprint density at radius 1 is 1.29 bits per heavy atom. The number of hydrogen-bond acceptors (Lipinski definition) is 6. The lowest BCUT2D eigenvalue weighted by Gasteiger charge is -2.27. The highest BCUT2D eigenvalue weighted by atomic mass is 16.5. The molecule has 1 aliphatic heterocycles. The highest BCUT2D eigenvalue weighted by Crippen LogP contribution is 2.20. The number of aromatic nitrogens is 2. The Balaban J connectivity index is 1.61. The summed E-state index contributed by atoms with van der Waals surface area (Å²) in [7, 11) is 0. The van der Waals surface area contributed by atoms with Gasteiger partial charge in [-0.25, -0.2) is 0 Å². The zero-order valence-corrected chi connectivity index (χ0v) is 13.6. The van der Waals surface area contributed by atoms with Gasteiger partial charge in [0.15, 0.2) is 5.82 Å². The van der Waals surface area contributed by atoms with Gasteiger partial charge in [-0.15, -0.1) is 0 Å². The van der Waals surface area contributed by atoms with Crippen LogP contribution in [-0.2, 0) is 9.53 Å². The molecule has 1 saturated heterocycles. The predicted molar refractivity (Wildman–Crippen MR) is 87.8 cm³/mol. The predicted octanol–water partition coefficient (Wildman–Crippen LogP) is 1.67. The smallest absolute Gasteiger partial charge is 0.257 e. The molecule has 24 heavy (non-hydrogen) atoms. The number of nitrogens with two attached hydrogens (primary N) is 1. The molecule has 1 aliphatic rings. The number of carbonyl (C=O) groups excluding carboxylic acids is 1. The number of nitrogens with one attached hydrogen (secondary N) is 1. The van der Waals surface area contributed by atoms with E-state index in [2.05, 4.69) is 15.5 Å². The number of nitrogens with zero attached hydrogens (tertiary/aromatic N) is 2. The summed E-state index contributed by atoms with van der Waals surface area (Å²) in [6.45, 7) is 3.13. The molecule has 3 N–H and O–H groups in total. The van der Waals surface area contributed by atoms with E-state index in [0.29, 0.717) is 24.9 Å². The Kier molecular flexibility index (Phi) is 5.22. The third kappa shape index (κ3) is 3.80. The van der Waals surface area contributed by atoms with Crippen molar-refractivity contribution in [1.82, 2.24) is 15.5 Å². The summed E-state index contributed by atoms with van der Waals surface area (Å²) in [6.07, 6.45) is 1.62. The van der Waals surface area contributed by atoms with Gasteiger partial charge in [-0.2, -0.15) is 4.98 Å². The lowest BCUT2D eigenvalue weighted by atomic mass is 9.91. The fourth-order valence-corrected chi connectivity index (χ4v) is 2.77. The Morgan fingerprint density at radius 2 is 2.00 bits per heavy atom. The van der Waals surface area contributed by atoms with Crippen LogP contribution in [0.1, 0.15) is 31.6 Å². The van der Waals surface area contributed by atoms with Gasteiger partial charge in [0.2, 0.25) is 5.91 Å². The molecule has 1 amide bonds. The summed E-state index contributed by atoms with van der Waals surface area (Å²) >= 11 is 0. The zero-order valence-electron chi connectivity index (χ0n) is 13.6. The third-order valence-corrected chi connectivity index (χ3v) is 4.29. The van der Waals surface area contributed by atoms with Crippen molar-refractivity contribution >= 4 is 5.91 Å². The van der Waals surface area contributed by atoms with E-state index in [1.54, 1.807) is 0 Å². The average molecular weight is 330 g/mol. The van der Waals surface area contributed by atoms with E-state index < -0.39 is 6.04 Å². The van der Waals surface area contributed by atoms with Gasteiger partial charge in [-0.05, 0) is 37.8 Å². The van der Waals surface area contributed by atoms with Crippen LogP contribution in [0.5, 0.6) is 0 Å². The second kappa shape index (κ2) is 7.55. The molecule has 3 rings (SSSR count). The van der Waals surface area contributed by atoms with Crippen LogP contribution in [-0.4, -0.2) is 35.3 Å². The molecule has 2 heterocycles. The topological polar surface area (TPSA) is 103 Å². The molecular formula is C17H22N4O3. The number of benzene rings is 1. The number of carbonyl (C=O) groups is 1. The third-order valence-electron chi connectivity index (χ3n) is 4.29. The Labute approximate surface area is 140 Å². The largest absolute Gasteiger partial charge is 0.381 e. The Bertz CT molecular complexity index is 667. The first-order valence-electron chi connectivity index (χ1n) is 8.18. The fraction of sp³-hybridized carbons (Fsp3) is 0.471. The summed E-state index contributed by atoms with van der Waals surface area (Å²) in [6, 6.07) is 8.58. The van der Waals surface area contributed by atoms with E-state index in [4.69, 9.17) is 15.0 Å². The van der Waals surface area contributed by atoms with Crippen LogP contribution in [0.3, 0.4) is 0 Å². The molecule has 2 aromatic rings. The quantitative estimate of drug-likeness (QED) is 0.864. The summed E-state index contributed by atoms with van der Waals surface area (Å²) in [5.74, 6) is 0.818. The average Bonchev–Trinajstić information content (AvgIpc) is 3.13. The lowest BCUT2D eigenvalue weighted by molar-refractivity contribution is -0.125. The van der Waals surface area contributed by atoms with Crippen LogP contribution in [0.25, 0.3) is 11.5 Å². The molecule has 2 unspecified atom stereocenters. The van der Waals surface area contributed by atoms with Gasteiger partial charge in [0.1, 0.15) is 0 Å². The van der Waals surface area contributed by atoms with E-state index in [1.165, 1.54) is 0 Å². The van der Waals surface area contributed by atoms with E-state index in [0.717, 1.165) is 18.4 Å². The summed E-state index contributed by atoms with van der Waals surface area (Å²) < 4.78 is 10.6. The molecule has 2 atom stereocenters. The van der Waals surface area contributed by atoms with Crippen molar-refractivity contribution in [2.45, 2.75) is 31.8 Å². The molecule has 7 heteroatoms. The van der Waals surface area contributed by atoms with E-state index >= 15 is 0 Å². The highest BCUT2D eigenvalue weighted by molar-refractivity contribution is 5.82. The van der Waals surface area contributed by atoms with Crippen LogP contribution in [0.2, 0.25) is 0 Å². The minimum atomic E-state index is -0.545. The Morgan fingerprint density at radius 3 is 2.71 bits per heavy atom. The second-order valence-corrected chi connectivity index (χ2v) is 6.03. The van der Waals surface area contributed by atoms with Gasteiger partial charge < -0.3 is 20.3 Å². The van der Waals surface area contributed by atoms with Crippen molar-refractivity contribution in [1.29, 1.82) is 0 Å². The monoisotopic (exact) mass is 330 g/mol. The van der Waals surface area contributed by atoms with Crippen LogP contribution in [0.4, 0.5) is 0 Å². The molecule has 0 aliphatic carbocycles. The zero-order chi connectivity index (χ0) is 16.9. The maximum atomic E-state index is 12.3. The van der Waals surface area contributed by atoms with Gasteiger partial charge in [0.05, 0.1) is 12.1 Å². The minimum absolute atomic E-state index is 0.149. The van der Waals surface area contributed by atoms with Gasteiger partial charge in [0.25, 0.3) is 5.89 Å². The molecule has 7 nitrogen and oxygen atoms in total. The SMILES string of the molecule is CC(NC(=O)C(N)C1CCOCC1)c1noc(-c2ccccc2)n1. The number of amides is 1.